The van der Waals surface area contributed by atoms with Crippen molar-refractivity contribution in [3.8, 4) is 17.2 Å². The second kappa shape index (κ2) is 11.0. The molecule has 3 aromatic carbocycles. The first-order valence-corrected chi connectivity index (χ1v) is 12.3. The van der Waals surface area contributed by atoms with Gasteiger partial charge in [-0.3, -0.25) is 14.6 Å². The number of likely N-dealkylation sites (tertiary alicyclic amines) is 1. The average molecular weight is 507 g/mol. The fourth-order valence-electron chi connectivity index (χ4n) is 4.48. The highest BCUT2D eigenvalue weighted by Crippen LogP contribution is 2.41. The summed E-state index contributed by atoms with van der Waals surface area (Å²) in [6.07, 6.45) is 3.29. The summed E-state index contributed by atoms with van der Waals surface area (Å²) in [5.74, 6) is 0.147. The number of para-hydroxylation sites is 1. The van der Waals surface area contributed by atoms with Gasteiger partial charge < -0.3 is 19.5 Å². The zero-order chi connectivity index (χ0) is 26.5. The van der Waals surface area contributed by atoms with E-state index in [0.717, 1.165) is 5.56 Å². The minimum absolute atomic E-state index is 0.0138. The summed E-state index contributed by atoms with van der Waals surface area (Å²) in [5, 5.41) is 11.3. The summed E-state index contributed by atoms with van der Waals surface area (Å²) in [6, 6.07) is 26.1. The standard InChI is InChI=1S/C31H26N2O5/c1-2-37-24-15-13-22(14-16-24)29(34)27-28(33(31(36)30(27)35)20-21-8-7-17-32-19-21)23-9-6-12-26(18-23)38-25-10-4-3-5-11-25/h3-19,28,34H,2,20H2,1H3. The number of carbonyl (C=O) groups is 2. The van der Waals surface area contributed by atoms with Crippen LogP contribution in [-0.2, 0) is 16.1 Å². The number of hydrogen-bond acceptors (Lipinski definition) is 6. The van der Waals surface area contributed by atoms with Crippen molar-refractivity contribution in [1.29, 1.82) is 0 Å². The molecule has 1 unspecified atom stereocenters. The zero-order valence-electron chi connectivity index (χ0n) is 20.8. The topological polar surface area (TPSA) is 89.0 Å². The van der Waals surface area contributed by atoms with E-state index in [0.29, 0.717) is 35.0 Å². The molecule has 1 N–H and O–H groups in total. The predicted octanol–water partition coefficient (Wildman–Crippen LogP) is 5.89. The fourth-order valence-corrected chi connectivity index (χ4v) is 4.48. The van der Waals surface area contributed by atoms with Gasteiger partial charge in [-0.15, -0.1) is 0 Å². The molecule has 7 nitrogen and oxygen atoms in total. The Morgan fingerprint density at radius 3 is 2.37 bits per heavy atom. The third-order valence-corrected chi connectivity index (χ3v) is 6.21. The van der Waals surface area contributed by atoms with Gasteiger partial charge in [0.1, 0.15) is 23.0 Å². The fraction of sp³-hybridized carbons (Fsp3) is 0.129. The minimum Gasteiger partial charge on any atom is -0.507 e. The first-order valence-electron chi connectivity index (χ1n) is 12.3. The predicted molar refractivity (Wildman–Crippen MR) is 143 cm³/mol. The summed E-state index contributed by atoms with van der Waals surface area (Å²) < 4.78 is 11.5. The SMILES string of the molecule is CCOc1ccc(C(O)=C2C(=O)C(=O)N(Cc3cccnc3)C2c2cccc(Oc3ccccc3)c2)cc1. The molecule has 5 rings (SSSR count). The van der Waals surface area contributed by atoms with Gasteiger partial charge in [0, 0.05) is 24.5 Å². The highest BCUT2D eigenvalue weighted by molar-refractivity contribution is 6.46. The van der Waals surface area contributed by atoms with Crippen molar-refractivity contribution in [2.75, 3.05) is 6.61 Å². The van der Waals surface area contributed by atoms with E-state index in [4.69, 9.17) is 9.47 Å². The Labute approximate surface area is 220 Å². The van der Waals surface area contributed by atoms with Crippen LogP contribution in [0.25, 0.3) is 5.76 Å². The molecular formula is C31H26N2O5. The van der Waals surface area contributed by atoms with Crippen molar-refractivity contribution in [3.05, 3.63) is 126 Å². The number of Topliss-reactive ketones (excluding diaryl/α,β-unsaturated/α-hetero) is 1. The third kappa shape index (κ3) is 5.13. The summed E-state index contributed by atoms with van der Waals surface area (Å²) >= 11 is 0. The number of aliphatic hydroxyl groups excluding tert-OH is 1. The molecule has 1 saturated heterocycles. The number of nitrogens with zero attached hydrogens (tertiary/aromatic N) is 2. The monoisotopic (exact) mass is 506 g/mol. The maximum Gasteiger partial charge on any atom is 0.295 e. The van der Waals surface area contributed by atoms with Gasteiger partial charge in [-0.1, -0.05) is 36.4 Å². The summed E-state index contributed by atoms with van der Waals surface area (Å²) in [7, 11) is 0. The van der Waals surface area contributed by atoms with Crippen molar-refractivity contribution in [3.63, 3.8) is 0 Å². The average Bonchev–Trinajstić information content (AvgIpc) is 3.19. The third-order valence-electron chi connectivity index (χ3n) is 6.21. The number of hydrogen-bond donors (Lipinski definition) is 1. The second-order valence-corrected chi connectivity index (χ2v) is 8.73. The molecule has 2 heterocycles. The number of rotatable bonds is 8. The van der Waals surface area contributed by atoms with E-state index in [9.17, 15) is 14.7 Å². The Hall–Kier alpha value is -4.91. The van der Waals surface area contributed by atoms with Crippen LogP contribution < -0.4 is 9.47 Å². The van der Waals surface area contributed by atoms with E-state index in [1.54, 1.807) is 60.9 Å². The number of aromatic nitrogens is 1. The van der Waals surface area contributed by atoms with Crippen molar-refractivity contribution >= 4 is 17.4 Å². The van der Waals surface area contributed by atoms with Crippen molar-refractivity contribution in [1.82, 2.24) is 9.88 Å². The van der Waals surface area contributed by atoms with E-state index in [1.165, 1.54) is 4.90 Å². The molecule has 4 aromatic rings. The number of amides is 1. The quantitative estimate of drug-likeness (QED) is 0.182. The molecule has 0 spiro atoms. The number of ether oxygens (including phenoxy) is 2. The lowest BCUT2D eigenvalue weighted by atomic mass is 9.95. The van der Waals surface area contributed by atoms with Gasteiger partial charge in [0.2, 0.25) is 0 Å². The molecule has 0 radical (unpaired) electrons. The van der Waals surface area contributed by atoms with Crippen LogP contribution in [0.3, 0.4) is 0 Å². The van der Waals surface area contributed by atoms with Crippen LogP contribution in [0.4, 0.5) is 0 Å². The summed E-state index contributed by atoms with van der Waals surface area (Å²) in [5.41, 5.74) is 1.82. The maximum atomic E-state index is 13.4. The number of ketones is 1. The van der Waals surface area contributed by atoms with Crippen molar-refractivity contribution in [2.24, 2.45) is 0 Å². The van der Waals surface area contributed by atoms with E-state index < -0.39 is 17.7 Å². The number of aliphatic hydroxyl groups is 1. The molecule has 1 aromatic heterocycles. The van der Waals surface area contributed by atoms with Crippen LogP contribution in [0, 0.1) is 0 Å². The van der Waals surface area contributed by atoms with Gasteiger partial charge in [-0.2, -0.15) is 0 Å². The zero-order valence-corrected chi connectivity index (χ0v) is 20.8. The number of carbonyl (C=O) groups excluding carboxylic acids is 2. The highest BCUT2D eigenvalue weighted by Gasteiger charge is 2.46. The minimum atomic E-state index is -0.832. The van der Waals surface area contributed by atoms with Crippen LogP contribution >= 0.6 is 0 Å². The molecule has 1 atom stereocenters. The van der Waals surface area contributed by atoms with E-state index in [-0.39, 0.29) is 17.9 Å². The van der Waals surface area contributed by atoms with Gasteiger partial charge in [0.05, 0.1) is 18.2 Å². The summed E-state index contributed by atoms with van der Waals surface area (Å²) in [4.78, 5) is 32.3. The smallest absolute Gasteiger partial charge is 0.295 e. The molecule has 1 aliphatic rings. The van der Waals surface area contributed by atoms with Crippen LogP contribution in [0.1, 0.15) is 29.7 Å². The van der Waals surface area contributed by atoms with E-state index in [1.807, 2.05) is 49.4 Å². The Kier molecular flexibility index (Phi) is 7.17. The van der Waals surface area contributed by atoms with Crippen LogP contribution in [0.2, 0.25) is 0 Å². The van der Waals surface area contributed by atoms with Gasteiger partial charge >= 0.3 is 0 Å². The molecule has 190 valence electrons. The lowest BCUT2D eigenvalue weighted by molar-refractivity contribution is -0.140. The van der Waals surface area contributed by atoms with Gasteiger partial charge in [0.15, 0.2) is 0 Å². The highest BCUT2D eigenvalue weighted by atomic mass is 16.5. The molecule has 1 amide bonds. The van der Waals surface area contributed by atoms with Crippen LogP contribution in [-0.4, -0.2) is 33.3 Å². The molecule has 1 aliphatic heterocycles. The normalized spacial score (nSPS) is 16.4. The molecule has 0 aliphatic carbocycles. The van der Waals surface area contributed by atoms with E-state index >= 15 is 0 Å². The lowest BCUT2D eigenvalue weighted by Gasteiger charge is -2.25. The van der Waals surface area contributed by atoms with Crippen LogP contribution in [0.5, 0.6) is 17.2 Å². The lowest BCUT2D eigenvalue weighted by Crippen LogP contribution is -2.29. The molecule has 0 saturated carbocycles. The second-order valence-electron chi connectivity index (χ2n) is 8.73. The van der Waals surface area contributed by atoms with Gasteiger partial charge in [-0.05, 0) is 72.6 Å². The molecule has 1 fully saturated rings. The molecule has 0 bridgehead atoms. The maximum absolute atomic E-state index is 13.4. The van der Waals surface area contributed by atoms with Crippen LogP contribution in [0.15, 0.2) is 109 Å². The first kappa shape index (κ1) is 24.8. The van der Waals surface area contributed by atoms with Gasteiger partial charge in [0.25, 0.3) is 11.7 Å². The molecule has 38 heavy (non-hydrogen) atoms. The Balaban J connectivity index is 1.59. The molecule has 7 heteroatoms. The Morgan fingerprint density at radius 1 is 0.895 bits per heavy atom. The molecular weight excluding hydrogens is 480 g/mol. The summed E-state index contributed by atoms with van der Waals surface area (Å²) in [6.45, 7) is 2.53. The van der Waals surface area contributed by atoms with Crippen molar-refractivity contribution < 1.29 is 24.2 Å². The van der Waals surface area contributed by atoms with Crippen molar-refractivity contribution in [2.45, 2.75) is 19.5 Å². The number of pyridine rings is 1. The number of benzene rings is 3. The Bertz CT molecular complexity index is 1470. The van der Waals surface area contributed by atoms with Gasteiger partial charge in [-0.25, -0.2) is 0 Å². The first-order chi connectivity index (χ1) is 18.5. The Morgan fingerprint density at radius 2 is 1.66 bits per heavy atom. The van der Waals surface area contributed by atoms with E-state index in [2.05, 4.69) is 4.98 Å². The largest absolute Gasteiger partial charge is 0.507 e.